The summed E-state index contributed by atoms with van der Waals surface area (Å²) in [6.45, 7) is 2.02. The number of azo groups is 1. The molecule has 0 spiro atoms. The Balaban J connectivity index is 1.88. The third kappa shape index (κ3) is 2.86. The monoisotopic (exact) mass is 342 g/mol. The van der Waals surface area contributed by atoms with E-state index >= 15 is 0 Å². The Morgan fingerprint density at radius 2 is 1.46 bits per heavy atom. The van der Waals surface area contributed by atoms with E-state index in [1.807, 2.05) is 67.6 Å². The first-order chi connectivity index (χ1) is 12.7. The molecule has 1 N–H and O–H groups in total. The van der Waals surface area contributed by atoms with Gasteiger partial charge in [-0.05, 0) is 42.0 Å². The van der Waals surface area contributed by atoms with Crippen molar-refractivity contribution < 1.29 is 9.84 Å². The second-order valence-electron chi connectivity index (χ2n) is 6.23. The minimum absolute atomic E-state index is 0.0995. The summed E-state index contributed by atoms with van der Waals surface area (Å²) in [7, 11) is 1.61. The highest BCUT2D eigenvalue weighted by molar-refractivity contribution is 6.05. The van der Waals surface area contributed by atoms with Crippen LogP contribution < -0.4 is 4.74 Å². The number of aromatic hydroxyl groups is 1. The van der Waals surface area contributed by atoms with Crippen molar-refractivity contribution in [2.75, 3.05) is 7.11 Å². The number of ether oxygens (including phenoxy) is 1. The fraction of sp³-hybridized carbons (Fsp3) is 0.0909. The lowest BCUT2D eigenvalue weighted by Gasteiger charge is -2.11. The number of rotatable bonds is 3. The Kier molecular flexibility index (Phi) is 4.01. The van der Waals surface area contributed by atoms with Gasteiger partial charge in [-0.2, -0.15) is 5.11 Å². The van der Waals surface area contributed by atoms with E-state index in [0.717, 1.165) is 27.4 Å². The molecule has 0 aliphatic rings. The van der Waals surface area contributed by atoms with Gasteiger partial charge in [-0.15, -0.1) is 5.11 Å². The quantitative estimate of drug-likeness (QED) is 0.344. The normalized spacial score (nSPS) is 11.5. The summed E-state index contributed by atoms with van der Waals surface area (Å²) in [5, 5.41) is 22.9. The van der Waals surface area contributed by atoms with Crippen LogP contribution in [0.3, 0.4) is 0 Å². The summed E-state index contributed by atoms with van der Waals surface area (Å²) in [5.41, 5.74) is 2.27. The molecule has 0 amide bonds. The first-order valence-electron chi connectivity index (χ1n) is 8.36. The zero-order valence-corrected chi connectivity index (χ0v) is 14.6. The van der Waals surface area contributed by atoms with Crippen LogP contribution in [0.1, 0.15) is 5.56 Å². The predicted octanol–water partition coefficient (Wildman–Crippen LogP) is 6.43. The summed E-state index contributed by atoms with van der Waals surface area (Å²) >= 11 is 0. The van der Waals surface area contributed by atoms with Crippen molar-refractivity contribution in [2.24, 2.45) is 10.2 Å². The van der Waals surface area contributed by atoms with Crippen molar-refractivity contribution in [3.05, 3.63) is 72.3 Å². The highest BCUT2D eigenvalue weighted by Gasteiger charge is 2.13. The largest absolute Gasteiger partial charge is 0.505 e. The van der Waals surface area contributed by atoms with Crippen molar-refractivity contribution in [1.82, 2.24) is 0 Å². The zero-order valence-electron chi connectivity index (χ0n) is 14.6. The van der Waals surface area contributed by atoms with Gasteiger partial charge in [-0.25, -0.2) is 0 Å². The molecule has 0 saturated carbocycles. The van der Waals surface area contributed by atoms with Crippen LogP contribution in [0.15, 0.2) is 77.0 Å². The van der Waals surface area contributed by atoms with E-state index in [1.165, 1.54) is 0 Å². The molecule has 0 saturated heterocycles. The average molecular weight is 342 g/mol. The minimum atomic E-state index is 0.0995. The van der Waals surface area contributed by atoms with Gasteiger partial charge in [0.1, 0.15) is 11.4 Å². The molecule has 0 radical (unpaired) electrons. The van der Waals surface area contributed by atoms with Gasteiger partial charge in [0.2, 0.25) is 0 Å². The molecule has 0 aromatic heterocycles. The molecule has 0 unspecified atom stereocenters. The molecule has 4 rings (SSSR count). The van der Waals surface area contributed by atoms with Crippen LogP contribution in [-0.2, 0) is 0 Å². The lowest BCUT2D eigenvalue weighted by molar-refractivity contribution is 0.418. The van der Waals surface area contributed by atoms with E-state index in [1.54, 1.807) is 13.2 Å². The molecular weight excluding hydrogens is 324 g/mol. The Labute approximate surface area is 151 Å². The molecule has 4 heteroatoms. The number of phenols is 1. The first kappa shape index (κ1) is 16.1. The smallest absolute Gasteiger partial charge is 0.151 e. The van der Waals surface area contributed by atoms with E-state index in [4.69, 9.17) is 4.74 Å². The topological polar surface area (TPSA) is 54.2 Å². The SMILES string of the molecule is COc1cc(N=Nc2ccc(C)cc2)c(O)c2cc3ccccc3cc12. The molecule has 0 fully saturated rings. The molecule has 4 nitrogen and oxygen atoms in total. The highest BCUT2D eigenvalue weighted by atomic mass is 16.5. The number of fused-ring (bicyclic) bond motifs is 2. The van der Waals surface area contributed by atoms with Gasteiger partial charge in [-0.3, -0.25) is 0 Å². The van der Waals surface area contributed by atoms with E-state index < -0.39 is 0 Å². The summed E-state index contributed by atoms with van der Waals surface area (Å²) in [4.78, 5) is 0. The van der Waals surface area contributed by atoms with Crippen LogP contribution in [0.5, 0.6) is 11.5 Å². The van der Waals surface area contributed by atoms with Crippen LogP contribution in [0.25, 0.3) is 21.5 Å². The fourth-order valence-electron chi connectivity index (χ4n) is 3.02. The number of hydrogen-bond acceptors (Lipinski definition) is 4. The van der Waals surface area contributed by atoms with E-state index in [0.29, 0.717) is 16.8 Å². The third-order valence-corrected chi connectivity index (χ3v) is 4.44. The van der Waals surface area contributed by atoms with Gasteiger partial charge in [0, 0.05) is 16.8 Å². The highest BCUT2D eigenvalue weighted by Crippen LogP contribution is 2.42. The van der Waals surface area contributed by atoms with Crippen molar-refractivity contribution >= 4 is 32.9 Å². The number of methoxy groups -OCH3 is 1. The molecule has 4 aromatic rings. The summed E-state index contributed by atoms with van der Waals surface area (Å²) in [6.07, 6.45) is 0. The van der Waals surface area contributed by atoms with E-state index in [-0.39, 0.29) is 5.75 Å². The first-order valence-corrected chi connectivity index (χ1v) is 8.36. The van der Waals surface area contributed by atoms with Crippen molar-refractivity contribution in [1.29, 1.82) is 0 Å². The maximum atomic E-state index is 10.7. The Morgan fingerprint density at radius 1 is 0.808 bits per heavy atom. The second-order valence-corrected chi connectivity index (χ2v) is 6.23. The lowest BCUT2D eigenvalue weighted by atomic mass is 10.0. The van der Waals surface area contributed by atoms with E-state index in [2.05, 4.69) is 10.2 Å². The summed E-state index contributed by atoms with van der Waals surface area (Å²) in [6, 6.07) is 21.4. The van der Waals surface area contributed by atoms with Gasteiger partial charge >= 0.3 is 0 Å². The van der Waals surface area contributed by atoms with Gasteiger partial charge in [-0.1, -0.05) is 42.0 Å². The molecule has 0 aliphatic heterocycles. The van der Waals surface area contributed by atoms with Crippen LogP contribution in [0.2, 0.25) is 0 Å². The number of aryl methyl sites for hydroxylation is 1. The maximum absolute atomic E-state index is 10.7. The van der Waals surface area contributed by atoms with Crippen molar-refractivity contribution in [3.63, 3.8) is 0 Å². The summed E-state index contributed by atoms with van der Waals surface area (Å²) < 4.78 is 5.53. The fourth-order valence-corrected chi connectivity index (χ4v) is 3.02. The minimum Gasteiger partial charge on any atom is -0.505 e. The van der Waals surface area contributed by atoms with Gasteiger partial charge < -0.3 is 9.84 Å². The zero-order chi connectivity index (χ0) is 18.1. The third-order valence-electron chi connectivity index (χ3n) is 4.44. The molecule has 26 heavy (non-hydrogen) atoms. The molecular formula is C22H18N2O2. The molecule has 0 aliphatic carbocycles. The Morgan fingerprint density at radius 3 is 2.12 bits per heavy atom. The molecule has 4 aromatic carbocycles. The number of nitrogens with zero attached hydrogens (tertiary/aromatic N) is 2. The number of phenolic OH excluding ortho intramolecular Hbond substituents is 1. The van der Waals surface area contributed by atoms with Crippen molar-refractivity contribution in [2.45, 2.75) is 6.92 Å². The maximum Gasteiger partial charge on any atom is 0.151 e. The standard InChI is InChI=1S/C22H18N2O2/c1-14-7-9-17(10-8-14)23-24-20-13-21(26-2)18-11-15-5-3-4-6-16(15)12-19(18)22(20)25/h3-13,25H,1-2H3. The lowest BCUT2D eigenvalue weighted by Crippen LogP contribution is -1.86. The number of benzene rings is 4. The van der Waals surface area contributed by atoms with Crippen LogP contribution in [0, 0.1) is 6.92 Å². The molecule has 0 bridgehead atoms. The Hall–Kier alpha value is -3.40. The van der Waals surface area contributed by atoms with Gasteiger partial charge in [0.05, 0.1) is 12.8 Å². The molecule has 0 atom stereocenters. The van der Waals surface area contributed by atoms with Crippen LogP contribution in [-0.4, -0.2) is 12.2 Å². The second kappa shape index (κ2) is 6.48. The molecule has 128 valence electrons. The summed E-state index contributed by atoms with van der Waals surface area (Å²) in [5.74, 6) is 0.754. The number of hydrogen-bond donors (Lipinski definition) is 1. The average Bonchev–Trinajstić information content (AvgIpc) is 2.67. The van der Waals surface area contributed by atoms with Gasteiger partial charge in [0.25, 0.3) is 0 Å². The van der Waals surface area contributed by atoms with Gasteiger partial charge in [0.15, 0.2) is 5.75 Å². The Bertz CT molecular complexity index is 1130. The predicted molar refractivity (Wildman–Crippen MR) is 105 cm³/mol. The van der Waals surface area contributed by atoms with E-state index in [9.17, 15) is 5.11 Å². The van der Waals surface area contributed by atoms with Crippen molar-refractivity contribution in [3.8, 4) is 11.5 Å². The van der Waals surface area contributed by atoms with Crippen LogP contribution in [0.4, 0.5) is 11.4 Å². The molecule has 0 heterocycles. The van der Waals surface area contributed by atoms with Crippen LogP contribution >= 0.6 is 0 Å².